The van der Waals surface area contributed by atoms with Gasteiger partial charge in [-0.2, -0.15) is 4.98 Å². The van der Waals surface area contributed by atoms with Gasteiger partial charge in [-0.1, -0.05) is 32.3 Å². The first-order valence-electron chi connectivity index (χ1n) is 7.40. The molecular weight excluding hydrogens is 258 g/mol. The Morgan fingerprint density at radius 1 is 1.55 bits per heavy atom. The number of rotatable bonds is 5. The van der Waals surface area contributed by atoms with Crippen molar-refractivity contribution >= 4 is 6.09 Å². The van der Waals surface area contributed by atoms with Gasteiger partial charge >= 0.3 is 6.09 Å². The van der Waals surface area contributed by atoms with Crippen molar-refractivity contribution in [1.82, 2.24) is 15.0 Å². The summed E-state index contributed by atoms with van der Waals surface area (Å²) in [5.41, 5.74) is 0. The lowest BCUT2D eigenvalue weighted by Crippen LogP contribution is -2.31. The highest BCUT2D eigenvalue weighted by molar-refractivity contribution is 5.68. The zero-order chi connectivity index (χ0) is 14.5. The van der Waals surface area contributed by atoms with Gasteiger partial charge in [-0.05, 0) is 19.3 Å². The van der Waals surface area contributed by atoms with Crippen LogP contribution < -0.4 is 0 Å². The highest BCUT2D eigenvalue weighted by Gasteiger charge is 2.35. The lowest BCUT2D eigenvalue weighted by Gasteiger charge is -2.21. The van der Waals surface area contributed by atoms with E-state index in [1.165, 1.54) is 0 Å². The summed E-state index contributed by atoms with van der Waals surface area (Å²) >= 11 is 0. The molecule has 2 rings (SSSR count). The van der Waals surface area contributed by atoms with Gasteiger partial charge < -0.3 is 9.26 Å². The molecule has 0 spiro atoms. The molecule has 20 heavy (non-hydrogen) atoms. The predicted molar refractivity (Wildman–Crippen MR) is 73.3 cm³/mol. The molecule has 1 aliphatic heterocycles. The number of hydrogen-bond donors (Lipinski definition) is 0. The molecular formula is C14H23N3O3. The van der Waals surface area contributed by atoms with Gasteiger partial charge in [0.15, 0.2) is 5.82 Å². The fraction of sp³-hybridized carbons (Fsp3) is 0.786. The SMILES string of the molecule is CCCCOC(=O)N1CCC[C@H]1c1nc(C(C)C)no1. The smallest absolute Gasteiger partial charge is 0.410 e. The molecule has 1 aromatic rings. The molecule has 0 radical (unpaired) electrons. The maximum Gasteiger partial charge on any atom is 0.410 e. The average molecular weight is 281 g/mol. The van der Waals surface area contributed by atoms with Crippen LogP contribution in [0.3, 0.4) is 0 Å². The Kier molecular flexibility index (Phi) is 4.98. The van der Waals surface area contributed by atoms with Crippen LogP contribution in [0, 0.1) is 0 Å². The minimum atomic E-state index is -0.273. The summed E-state index contributed by atoms with van der Waals surface area (Å²) in [5.74, 6) is 1.43. The number of nitrogens with zero attached hydrogens (tertiary/aromatic N) is 3. The zero-order valence-corrected chi connectivity index (χ0v) is 12.5. The molecule has 1 amide bonds. The molecule has 1 atom stereocenters. The number of ether oxygens (including phenoxy) is 1. The van der Waals surface area contributed by atoms with Crippen molar-refractivity contribution in [3.8, 4) is 0 Å². The Balaban J connectivity index is 2.00. The van der Waals surface area contributed by atoms with Gasteiger partial charge in [-0.25, -0.2) is 4.79 Å². The van der Waals surface area contributed by atoms with Crippen LogP contribution in [0.1, 0.15) is 70.1 Å². The van der Waals surface area contributed by atoms with E-state index in [4.69, 9.17) is 9.26 Å². The van der Waals surface area contributed by atoms with Crippen LogP contribution in [0.25, 0.3) is 0 Å². The Labute approximate surface area is 119 Å². The summed E-state index contributed by atoms with van der Waals surface area (Å²) < 4.78 is 10.6. The van der Waals surface area contributed by atoms with Crippen LogP contribution in [0.5, 0.6) is 0 Å². The van der Waals surface area contributed by atoms with Crippen molar-refractivity contribution in [1.29, 1.82) is 0 Å². The first kappa shape index (κ1) is 14.8. The van der Waals surface area contributed by atoms with Crippen molar-refractivity contribution in [3.63, 3.8) is 0 Å². The number of aromatic nitrogens is 2. The Morgan fingerprint density at radius 3 is 3.00 bits per heavy atom. The quantitative estimate of drug-likeness (QED) is 0.775. The van der Waals surface area contributed by atoms with E-state index in [0.29, 0.717) is 24.9 Å². The van der Waals surface area contributed by atoms with Gasteiger partial charge in [-0.15, -0.1) is 0 Å². The van der Waals surface area contributed by atoms with E-state index in [9.17, 15) is 4.79 Å². The normalized spacial score (nSPS) is 18.8. The first-order chi connectivity index (χ1) is 9.63. The molecule has 1 aliphatic rings. The third kappa shape index (κ3) is 3.29. The Morgan fingerprint density at radius 2 is 2.35 bits per heavy atom. The molecule has 112 valence electrons. The number of hydrogen-bond acceptors (Lipinski definition) is 5. The lowest BCUT2D eigenvalue weighted by atomic mass is 10.2. The molecule has 0 N–H and O–H groups in total. The molecule has 0 aliphatic carbocycles. The number of carbonyl (C=O) groups excluding carboxylic acids is 1. The lowest BCUT2D eigenvalue weighted by molar-refractivity contribution is 0.0911. The minimum Gasteiger partial charge on any atom is -0.449 e. The van der Waals surface area contributed by atoms with Crippen molar-refractivity contribution in [2.45, 2.75) is 58.4 Å². The highest BCUT2D eigenvalue weighted by atomic mass is 16.6. The number of likely N-dealkylation sites (tertiary alicyclic amines) is 1. The van der Waals surface area contributed by atoms with Crippen LogP contribution in [-0.2, 0) is 4.74 Å². The van der Waals surface area contributed by atoms with Crippen molar-refractivity contribution in [2.75, 3.05) is 13.2 Å². The van der Waals surface area contributed by atoms with Crippen LogP contribution >= 0.6 is 0 Å². The van der Waals surface area contributed by atoms with Crippen LogP contribution in [0.15, 0.2) is 4.52 Å². The second kappa shape index (κ2) is 6.72. The van der Waals surface area contributed by atoms with E-state index in [1.807, 2.05) is 13.8 Å². The molecule has 1 fully saturated rings. The fourth-order valence-corrected chi connectivity index (χ4v) is 2.25. The van der Waals surface area contributed by atoms with Crippen LogP contribution in [0.4, 0.5) is 4.79 Å². The average Bonchev–Trinajstić information content (AvgIpc) is 3.07. The van der Waals surface area contributed by atoms with E-state index in [0.717, 1.165) is 25.7 Å². The van der Waals surface area contributed by atoms with Gasteiger partial charge in [0.1, 0.15) is 6.04 Å². The molecule has 6 heteroatoms. The molecule has 1 saturated heterocycles. The molecule has 0 saturated carbocycles. The van der Waals surface area contributed by atoms with Gasteiger partial charge in [0.25, 0.3) is 0 Å². The van der Waals surface area contributed by atoms with Crippen LogP contribution in [0.2, 0.25) is 0 Å². The zero-order valence-electron chi connectivity index (χ0n) is 12.5. The summed E-state index contributed by atoms with van der Waals surface area (Å²) in [5, 5.41) is 3.96. The third-order valence-electron chi connectivity index (χ3n) is 3.47. The Bertz CT molecular complexity index is 445. The third-order valence-corrected chi connectivity index (χ3v) is 3.47. The second-order valence-corrected chi connectivity index (χ2v) is 5.46. The maximum atomic E-state index is 12.1. The van der Waals surface area contributed by atoms with E-state index < -0.39 is 0 Å². The highest BCUT2D eigenvalue weighted by Crippen LogP contribution is 2.31. The minimum absolute atomic E-state index is 0.135. The summed E-state index contributed by atoms with van der Waals surface area (Å²) in [6, 6.07) is -0.135. The van der Waals surface area contributed by atoms with Crippen molar-refractivity contribution in [2.24, 2.45) is 0 Å². The molecule has 0 bridgehead atoms. The van der Waals surface area contributed by atoms with Crippen LogP contribution in [-0.4, -0.2) is 34.3 Å². The predicted octanol–water partition coefficient (Wildman–Crippen LogP) is 3.27. The summed E-state index contributed by atoms with van der Waals surface area (Å²) in [4.78, 5) is 18.2. The van der Waals surface area contributed by atoms with E-state index in [-0.39, 0.29) is 18.1 Å². The summed E-state index contributed by atoms with van der Waals surface area (Å²) in [6.07, 6.45) is 3.42. The summed E-state index contributed by atoms with van der Waals surface area (Å²) in [6.45, 7) is 7.26. The molecule has 6 nitrogen and oxygen atoms in total. The Hall–Kier alpha value is -1.59. The monoisotopic (exact) mass is 281 g/mol. The number of unbranched alkanes of at least 4 members (excludes halogenated alkanes) is 1. The molecule has 0 unspecified atom stereocenters. The molecule has 0 aromatic carbocycles. The molecule has 1 aromatic heterocycles. The van der Waals surface area contributed by atoms with E-state index in [2.05, 4.69) is 17.1 Å². The van der Waals surface area contributed by atoms with Crippen molar-refractivity contribution in [3.05, 3.63) is 11.7 Å². The first-order valence-corrected chi connectivity index (χ1v) is 7.40. The van der Waals surface area contributed by atoms with Gasteiger partial charge in [-0.3, -0.25) is 4.90 Å². The van der Waals surface area contributed by atoms with Gasteiger partial charge in [0.2, 0.25) is 5.89 Å². The summed E-state index contributed by atoms with van der Waals surface area (Å²) in [7, 11) is 0. The van der Waals surface area contributed by atoms with Gasteiger partial charge in [0, 0.05) is 12.5 Å². The standard InChI is InChI=1S/C14H23N3O3/c1-4-5-9-19-14(18)17-8-6-7-11(17)13-15-12(10(2)3)16-20-13/h10-11H,4-9H2,1-3H3/t11-/m0/s1. The van der Waals surface area contributed by atoms with E-state index >= 15 is 0 Å². The topological polar surface area (TPSA) is 68.5 Å². The van der Waals surface area contributed by atoms with Crippen molar-refractivity contribution < 1.29 is 14.1 Å². The number of carbonyl (C=O) groups is 1. The van der Waals surface area contributed by atoms with Gasteiger partial charge in [0.05, 0.1) is 6.61 Å². The molecule has 2 heterocycles. The fourth-order valence-electron chi connectivity index (χ4n) is 2.25. The largest absolute Gasteiger partial charge is 0.449 e. The second-order valence-electron chi connectivity index (χ2n) is 5.46. The maximum absolute atomic E-state index is 12.1. The number of amides is 1. The van der Waals surface area contributed by atoms with E-state index in [1.54, 1.807) is 4.90 Å².